The maximum absolute atomic E-state index is 14.7. The predicted molar refractivity (Wildman–Crippen MR) is 96.4 cm³/mol. The van der Waals surface area contributed by atoms with Crippen molar-refractivity contribution >= 4 is 17.9 Å². The molecule has 0 aliphatic heterocycles. The van der Waals surface area contributed by atoms with E-state index in [1.165, 1.54) is 11.1 Å². The Hall–Kier alpha value is -1.57. The Kier molecular flexibility index (Phi) is 4.51. The average Bonchev–Trinajstić information content (AvgIpc) is 2.45. The van der Waals surface area contributed by atoms with Crippen molar-refractivity contribution in [1.82, 2.24) is 0 Å². The molecule has 2 aromatic carbocycles. The minimum Gasteiger partial charge on any atom is -0.322 e. The topological polar surface area (TPSA) is 0 Å². The van der Waals surface area contributed by atoms with Crippen molar-refractivity contribution in [1.29, 1.82) is 0 Å². The molecule has 0 aromatic heterocycles. The molecule has 0 radical (unpaired) electrons. The minimum atomic E-state index is -1.07. The van der Waals surface area contributed by atoms with Gasteiger partial charge in [-0.2, -0.15) is 0 Å². The molecule has 116 valence electrons. The van der Waals surface area contributed by atoms with Crippen molar-refractivity contribution in [3.8, 4) is 0 Å². The van der Waals surface area contributed by atoms with E-state index in [0.717, 1.165) is 10.9 Å². The summed E-state index contributed by atoms with van der Waals surface area (Å²) in [6.45, 7) is 11.9. The van der Waals surface area contributed by atoms with E-state index in [-0.39, 0.29) is 10.8 Å². The molecule has 0 saturated carbocycles. The highest BCUT2D eigenvalue weighted by atomic mass is 19.1. The van der Waals surface area contributed by atoms with Crippen LogP contribution in [0.2, 0.25) is 0 Å². The zero-order valence-corrected chi connectivity index (χ0v) is 14.6. The molecule has 0 N–H and O–H groups in total. The van der Waals surface area contributed by atoms with Gasteiger partial charge in [0.25, 0.3) is 0 Å². The van der Waals surface area contributed by atoms with Crippen LogP contribution >= 0.6 is 0 Å². The molecular formula is C20H26BF. The molecule has 0 fully saturated rings. The van der Waals surface area contributed by atoms with Crippen LogP contribution in [-0.4, -0.2) is 6.99 Å². The summed E-state index contributed by atoms with van der Waals surface area (Å²) >= 11 is 0. The molecular weight excluding hydrogens is 270 g/mol. The van der Waals surface area contributed by atoms with Gasteiger partial charge < -0.3 is 4.32 Å². The normalized spacial score (nSPS) is 12.3. The molecule has 0 spiro atoms. The second kappa shape index (κ2) is 5.91. The largest absolute Gasteiger partial charge is 0.413 e. The minimum absolute atomic E-state index is 0.0959. The van der Waals surface area contributed by atoms with Crippen LogP contribution in [0.1, 0.15) is 52.7 Å². The van der Waals surface area contributed by atoms with Gasteiger partial charge in [-0.05, 0) is 32.9 Å². The molecule has 22 heavy (non-hydrogen) atoms. The zero-order chi connectivity index (χ0) is 16.5. The Bertz CT molecular complexity index is 555. The predicted octanol–water partition coefficient (Wildman–Crippen LogP) is 4.36. The molecule has 0 nitrogen and oxygen atoms in total. The van der Waals surface area contributed by atoms with E-state index in [9.17, 15) is 4.32 Å². The van der Waals surface area contributed by atoms with E-state index in [1.807, 2.05) is 48.5 Å². The summed E-state index contributed by atoms with van der Waals surface area (Å²) in [6, 6.07) is 15.8. The fourth-order valence-electron chi connectivity index (χ4n) is 2.50. The molecule has 0 atom stereocenters. The van der Waals surface area contributed by atoms with Crippen molar-refractivity contribution in [2.24, 2.45) is 0 Å². The third kappa shape index (κ3) is 3.79. The molecule has 2 rings (SSSR count). The number of halogens is 1. The summed E-state index contributed by atoms with van der Waals surface area (Å²) in [4.78, 5) is 0. The smallest absolute Gasteiger partial charge is 0.322 e. The standard InChI is InChI=1S/C20H26BF/c1-19(2,3)15-7-11-17(12-8-15)21(22)18-13-9-16(10-14-18)20(4,5)6/h7-14H,1-6H3. The molecule has 0 unspecified atom stereocenters. The van der Waals surface area contributed by atoms with E-state index in [0.29, 0.717) is 0 Å². The quantitative estimate of drug-likeness (QED) is 0.722. The summed E-state index contributed by atoms with van der Waals surface area (Å²) in [7, 11) is 0. The fraction of sp³-hybridized carbons (Fsp3) is 0.400. The number of benzene rings is 2. The van der Waals surface area contributed by atoms with Crippen LogP contribution < -0.4 is 10.9 Å². The maximum Gasteiger partial charge on any atom is 0.413 e. The molecule has 0 bridgehead atoms. The van der Waals surface area contributed by atoms with Crippen LogP contribution in [0.3, 0.4) is 0 Å². The lowest BCUT2D eigenvalue weighted by atomic mass is 9.58. The Morgan fingerprint density at radius 2 is 0.864 bits per heavy atom. The van der Waals surface area contributed by atoms with Crippen LogP contribution in [0.25, 0.3) is 0 Å². The molecule has 0 aliphatic carbocycles. The van der Waals surface area contributed by atoms with Gasteiger partial charge in [-0.15, -0.1) is 0 Å². The van der Waals surface area contributed by atoms with E-state index in [4.69, 9.17) is 0 Å². The van der Waals surface area contributed by atoms with Gasteiger partial charge in [0.15, 0.2) is 0 Å². The summed E-state index contributed by atoms with van der Waals surface area (Å²) in [6.07, 6.45) is 0. The number of hydrogen-bond donors (Lipinski definition) is 0. The number of rotatable bonds is 2. The van der Waals surface area contributed by atoms with Gasteiger partial charge in [-0.25, -0.2) is 0 Å². The SMILES string of the molecule is CC(C)(C)c1ccc(B(F)c2ccc(C(C)(C)C)cc2)cc1. The highest BCUT2D eigenvalue weighted by Gasteiger charge is 2.22. The Morgan fingerprint density at radius 3 is 1.09 bits per heavy atom. The second-order valence-corrected chi connectivity index (χ2v) is 8.11. The van der Waals surface area contributed by atoms with Gasteiger partial charge >= 0.3 is 6.99 Å². The first-order chi connectivity index (χ1) is 10.1. The van der Waals surface area contributed by atoms with Crippen LogP contribution in [0.5, 0.6) is 0 Å². The van der Waals surface area contributed by atoms with Crippen LogP contribution in [0.4, 0.5) is 4.32 Å². The Labute approximate surface area is 134 Å². The Morgan fingerprint density at radius 1 is 0.591 bits per heavy atom. The monoisotopic (exact) mass is 296 g/mol. The highest BCUT2D eigenvalue weighted by Crippen LogP contribution is 2.22. The van der Waals surface area contributed by atoms with Gasteiger partial charge in [0, 0.05) is 0 Å². The van der Waals surface area contributed by atoms with Gasteiger partial charge in [0.1, 0.15) is 0 Å². The van der Waals surface area contributed by atoms with Gasteiger partial charge in [-0.1, -0.05) is 90.1 Å². The third-order valence-corrected chi connectivity index (χ3v) is 4.14. The zero-order valence-electron chi connectivity index (χ0n) is 14.6. The summed E-state index contributed by atoms with van der Waals surface area (Å²) in [5, 5.41) is 0. The molecule has 2 aromatic rings. The van der Waals surface area contributed by atoms with Crippen molar-refractivity contribution in [3.63, 3.8) is 0 Å². The molecule has 0 amide bonds. The third-order valence-electron chi connectivity index (χ3n) is 4.14. The van der Waals surface area contributed by atoms with Crippen LogP contribution in [0.15, 0.2) is 48.5 Å². The fourth-order valence-corrected chi connectivity index (χ4v) is 2.50. The lowest BCUT2D eigenvalue weighted by Gasteiger charge is -2.20. The second-order valence-electron chi connectivity index (χ2n) is 8.11. The maximum atomic E-state index is 14.7. The van der Waals surface area contributed by atoms with Crippen molar-refractivity contribution in [3.05, 3.63) is 59.7 Å². The highest BCUT2D eigenvalue weighted by molar-refractivity contribution is 6.79. The molecule has 0 saturated heterocycles. The summed E-state index contributed by atoms with van der Waals surface area (Å²) < 4.78 is 14.7. The molecule has 0 aliphatic rings. The van der Waals surface area contributed by atoms with Crippen LogP contribution in [-0.2, 0) is 10.8 Å². The Balaban J connectivity index is 2.23. The van der Waals surface area contributed by atoms with Gasteiger partial charge in [0.05, 0.1) is 0 Å². The molecule has 2 heteroatoms. The summed E-state index contributed by atoms with van der Waals surface area (Å²) in [5.74, 6) is 0. The van der Waals surface area contributed by atoms with Crippen molar-refractivity contribution in [2.45, 2.75) is 52.4 Å². The van der Waals surface area contributed by atoms with Crippen molar-refractivity contribution in [2.75, 3.05) is 0 Å². The van der Waals surface area contributed by atoms with Crippen molar-refractivity contribution < 1.29 is 4.32 Å². The first-order valence-electron chi connectivity index (χ1n) is 7.94. The first-order valence-corrected chi connectivity index (χ1v) is 7.94. The van der Waals surface area contributed by atoms with Gasteiger partial charge in [-0.3, -0.25) is 0 Å². The van der Waals surface area contributed by atoms with E-state index in [1.54, 1.807) is 0 Å². The lowest BCUT2D eigenvalue weighted by Crippen LogP contribution is -2.38. The molecule has 0 heterocycles. The van der Waals surface area contributed by atoms with E-state index >= 15 is 0 Å². The first kappa shape index (κ1) is 16.8. The summed E-state index contributed by atoms with van der Waals surface area (Å²) in [5.41, 5.74) is 4.09. The van der Waals surface area contributed by atoms with Gasteiger partial charge in [0.2, 0.25) is 0 Å². The van der Waals surface area contributed by atoms with E-state index in [2.05, 4.69) is 41.5 Å². The number of hydrogen-bond acceptors (Lipinski definition) is 0. The lowest BCUT2D eigenvalue weighted by molar-refractivity contribution is 0.590. The van der Waals surface area contributed by atoms with Crippen LogP contribution in [0, 0.1) is 0 Å². The van der Waals surface area contributed by atoms with E-state index < -0.39 is 6.99 Å². The average molecular weight is 296 g/mol.